The maximum absolute atomic E-state index is 9.10. The molecule has 0 rings (SSSR count). The Morgan fingerprint density at radius 1 is 0.700 bits per heavy atom. The molecule has 30 heavy (non-hydrogen) atoms. The molecular weight excluding hydrogens is 388 g/mol. The number of aliphatic carboxylic acids is 2. The molecular formula is C23H48O7. The predicted octanol–water partition coefficient (Wildman–Crippen LogP) is 5.02. The molecule has 0 unspecified atom stereocenters. The summed E-state index contributed by atoms with van der Waals surface area (Å²) in [5.41, 5.74) is 0. The molecule has 0 saturated heterocycles. The van der Waals surface area contributed by atoms with Crippen molar-refractivity contribution in [3.8, 4) is 0 Å². The molecule has 0 aliphatic carbocycles. The van der Waals surface area contributed by atoms with Crippen LogP contribution in [0.4, 0.5) is 0 Å². The van der Waals surface area contributed by atoms with Gasteiger partial charge in [-0.1, -0.05) is 90.4 Å². The van der Waals surface area contributed by atoms with Gasteiger partial charge in [-0.25, -0.2) is 0 Å². The van der Waals surface area contributed by atoms with Crippen LogP contribution in [0.2, 0.25) is 0 Å². The van der Waals surface area contributed by atoms with Crippen molar-refractivity contribution in [2.24, 2.45) is 0 Å². The number of aliphatic hydroxyl groups is 2. The fourth-order valence-electron chi connectivity index (χ4n) is 2.67. The molecule has 0 amide bonds. The van der Waals surface area contributed by atoms with E-state index in [2.05, 4.69) is 6.92 Å². The van der Waals surface area contributed by atoms with Crippen molar-refractivity contribution in [2.45, 2.75) is 117 Å². The first kappa shape index (κ1) is 33.5. The molecule has 0 saturated carbocycles. The van der Waals surface area contributed by atoms with Crippen molar-refractivity contribution in [3.63, 3.8) is 0 Å². The molecule has 182 valence electrons. The summed E-state index contributed by atoms with van der Waals surface area (Å²) < 4.78 is 5.28. The Balaban J connectivity index is -0.000000771. The Labute approximate surface area is 183 Å². The van der Waals surface area contributed by atoms with E-state index in [0.717, 1.165) is 20.3 Å². The van der Waals surface area contributed by atoms with Crippen LogP contribution >= 0.6 is 0 Å². The lowest BCUT2D eigenvalue weighted by Crippen LogP contribution is -2.19. The van der Waals surface area contributed by atoms with Crippen LogP contribution in [-0.2, 0) is 14.3 Å². The molecule has 0 fully saturated rings. The molecule has 0 aromatic carbocycles. The van der Waals surface area contributed by atoms with Crippen molar-refractivity contribution in [1.29, 1.82) is 0 Å². The molecule has 0 radical (unpaired) electrons. The second kappa shape index (κ2) is 30.0. The molecule has 0 aliphatic rings. The molecule has 1 atom stereocenters. The van der Waals surface area contributed by atoms with Gasteiger partial charge in [0.25, 0.3) is 11.9 Å². The smallest absolute Gasteiger partial charge is 0.300 e. The Hall–Kier alpha value is -1.18. The summed E-state index contributed by atoms with van der Waals surface area (Å²) in [6.07, 6.45) is 18.3. The van der Waals surface area contributed by atoms with E-state index in [1.807, 2.05) is 0 Å². The second-order valence-corrected chi connectivity index (χ2v) is 7.55. The Bertz CT molecular complexity index is 328. The molecule has 0 bridgehead atoms. The Morgan fingerprint density at radius 3 is 1.30 bits per heavy atom. The van der Waals surface area contributed by atoms with E-state index in [4.69, 9.17) is 34.8 Å². The fourth-order valence-corrected chi connectivity index (χ4v) is 2.67. The Kier molecular flexibility index (Phi) is 33.5. The highest BCUT2D eigenvalue weighted by Crippen LogP contribution is 2.12. The fraction of sp³-hybridized carbons (Fsp3) is 0.913. The number of hydrogen-bond donors (Lipinski definition) is 4. The topological polar surface area (TPSA) is 124 Å². The molecule has 0 heterocycles. The van der Waals surface area contributed by atoms with Crippen LogP contribution in [-0.4, -0.2) is 58.3 Å². The zero-order chi connectivity index (χ0) is 23.5. The highest BCUT2D eigenvalue weighted by molar-refractivity contribution is 5.63. The summed E-state index contributed by atoms with van der Waals surface area (Å²) in [5.74, 6) is -1.67. The molecule has 0 aliphatic heterocycles. The lowest BCUT2D eigenvalue weighted by atomic mass is 10.0. The minimum atomic E-state index is -0.833. The van der Waals surface area contributed by atoms with E-state index >= 15 is 0 Å². The van der Waals surface area contributed by atoms with Crippen molar-refractivity contribution in [1.82, 2.24) is 0 Å². The third kappa shape index (κ3) is 50.5. The van der Waals surface area contributed by atoms with Crippen molar-refractivity contribution in [3.05, 3.63) is 0 Å². The van der Waals surface area contributed by atoms with Crippen molar-refractivity contribution in [2.75, 3.05) is 19.8 Å². The van der Waals surface area contributed by atoms with Gasteiger partial charge in [-0.05, 0) is 6.42 Å². The predicted molar refractivity (Wildman–Crippen MR) is 121 cm³/mol. The maximum atomic E-state index is 9.10. The summed E-state index contributed by atoms with van der Waals surface area (Å²) in [6.45, 7) is 5.19. The zero-order valence-corrected chi connectivity index (χ0v) is 19.6. The van der Waals surface area contributed by atoms with Crippen LogP contribution in [0.1, 0.15) is 111 Å². The second-order valence-electron chi connectivity index (χ2n) is 7.55. The minimum Gasteiger partial charge on any atom is -0.481 e. The number of hydrogen-bond acceptors (Lipinski definition) is 5. The van der Waals surface area contributed by atoms with E-state index < -0.39 is 18.0 Å². The first-order chi connectivity index (χ1) is 14.3. The van der Waals surface area contributed by atoms with Crippen LogP contribution in [0.5, 0.6) is 0 Å². The quantitative estimate of drug-likeness (QED) is 0.222. The van der Waals surface area contributed by atoms with Crippen molar-refractivity contribution >= 4 is 11.9 Å². The highest BCUT2D eigenvalue weighted by atomic mass is 16.5. The van der Waals surface area contributed by atoms with E-state index in [-0.39, 0.29) is 13.2 Å². The summed E-state index contributed by atoms with van der Waals surface area (Å²) in [4.78, 5) is 18.0. The van der Waals surface area contributed by atoms with Gasteiger partial charge in [0.2, 0.25) is 0 Å². The van der Waals surface area contributed by atoms with Crippen LogP contribution < -0.4 is 0 Å². The summed E-state index contributed by atoms with van der Waals surface area (Å²) in [5, 5.41) is 32.6. The number of rotatable bonds is 18. The van der Waals surface area contributed by atoms with Gasteiger partial charge in [0.15, 0.2) is 0 Å². The number of aliphatic hydroxyl groups excluding tert-OH is 2. The van der Waals surface area contributed by atoms with Gasteiger partial charge in [-0.2, -0.15) is 0 Å². The lowest BCUT2D eigenvalue weighted by molar-refractivity contribution is -0.135. The summed E-state index contributed by atoms with van der Waals surface area (Å²) in [7, 11) is 0. The SMILES string of the molecule is CC(=O)O.CC(=O)O.CCCCCCCCCCCCCCCCOC[C@H](O)CO. The lowest BCUT2D eigenvalue weighted by Gasteiger charge is -2.08. The first-order valence-corrected chi connectivity index (χ1v) is 11.5. The summed E-state index contributed by atoms with van der Waals surface area (Å²) in [6, 6.07) is 0. The number of carboxylic acid groups (broad SMARTS) is 2. The molecule has 4 N–H and O–H groups in total. The van der Waals surface area contributed by atoms with Crippen LogP contribution in [0.15, 0.2) is 0 Å². The number of ether oxygens (including phenoxy) is 1. The number of carbonyl (C=O) groups is 2. The van der Waals surface area contributed by atoms with Crippen LogP contribution in [0.3, 0.4) is 0 Å². The largest absolute Gasteiger partial charge is 0.481 e. The van der Waals surface area contributed by atoms with E-state index in [0.29, 0.717) is 6.61 Å². The highest BCUT2D eigenvalue weighted by Gasteiger charge is 2.00. The van der Waals surface area contributed by atoms with Crippen LogP contribution in [0.25, 0.3) is 0 Å². The van der Waals surface area contributed by atoms with E-state index in [9.17, 15) is 0 Å². The molecule has 0 aromatic heterocycles. The van der Waals surface area contributed by atoms with E-state index in [1.165, 1.54) is 83.5 Å². The molecule has 0 aromatic rings. The van der Waals surface area contributed by atoms with Crippen LogP contribution in [0, 0.1) is 0 Å². The van der Waals surface area contributed by atoms with Gasteiger partial charge in [0.1, 0.15) is 6.10 Å². The normalized spacial score (nSPS) is 11.0. The Morgan fingerprint density at radius 2 is 1.00 bits per heavy atom. The zero-order valence-electron chi connectivity index (χ0n) is 19.6. The van der Waals surface area contributed by atoms with Gasteiger partial charge >= 0.3 is 0 Å². The third-order valence-corrected chi connectivity index (χ3v) is 4.16. The van der Waals surface area contributed by atoms with Gasteiger partial charge in [-0.3, -0.25) is 9.59 Å². The standard InChI is InChI=1S/C19H40O3.2C2H4O2/c1-2-3-4-5-6-7-8-9-10-11-12-13-14-15-16-22-18-19(21)17-20;2*1-2(3)4/h19-21H,2-18H2,1H3;2*1H3,(H,3,4)/t19-;;/m1../s1. The average Bonchev–Trinajstić information content (AvgIpc) is 2.66. The minimum absolute atomic E-state index is 0.210. The number of carboxylic acids is 2. The average molecular weight is 437 g/mol. The van der Waals surface area contributed by atoms with Gasteiger partial charge in [0.05, 0.1) is 13.2 Å². The van der Waals surface area contributed by atoms with Crippen molar-refractivity contribution < 1.29 is 34.8 Å². The third-order valence-electron chi connectivity index (χ3n) is 4.16. The van der Waals surface area contributed by atoms with Gasteiger partial charge < -0.3 is 25.2 Å². The first-order valence-electron chi connectivity index (χ1n) is 11.5. The van der Waals surface area contributed by atoms with Gasteiger partial charge in [0, 0.05) is 20.5 Å². The molecule has 7 heteroatoms. The summed E-state index contributed by atoms with van der Waals surface area (Å²) >= 11 is 0. The molecule has 7 nitrogen and oxygen atoms in total. The maximum Gasteiger partial charge on any atom is 0.300 e. The van der Waals surface area contributed by atoms with E-state index in [1.54, 1.807) is 0 Å². The monoisotopic (exact) mass is 436 g/mol. The number of unbranched alkanes of at least 4 members (excludes halogenated alkanes) is 13. The molecule has 0 spiro atoms. The van der Waals surface area contributed by atoms with Gasteiger partial charge in [-0.15, -0.1) is 0 Å².